The number of thiophene rings is 1. The van der Waals surface area contributed by atoms with Crippen LogP contribution in [0.1, 0.15) is 20.2 Å². The Labute approximate surface area is 177 Å². The van der Waals surface area contributed by atoms with Crippen LogP contribution in [0.3, 0.4) is 0 Å². The van der Waals surface area contributed by atoms with E-state index in [1.165, 1.54) is 36.6 Å². The number of benzene rings is 1. The number of nitrogens with zero attached hydrogens (tertiary/aromatic N) is 1. The van der Waals surface area contributed by atoms with E-state index in [-0.39, 0.29) is 27.0 Å². The second-order valence-electron chi connectivity index (χ2n) is 5.64. The number of carbonyl (C=O) groups excluding carboxylic acids is 3. The summed E-state index contributed by atoms with van der Waals surface area (Å²) in [7, 11) is 0. The normalized spacial score (nSPS) is 10.3. The number of carbonyl (C=O) groups is 3. The highest BCUT2D eigenvalue weighted by Gasteiger charge is 2.17. The Morgan fingerprint density at radius 2 is 1.97 bits per heavy atom. The highest BCUT2D eigenvalue weighted by atomic mass is 35.5. The van der Waals surface area contributed by atoms with E-state index in [4.69, 9.17) is 20.8 Å². The number of rotatable bonds is 7. The number of ether oxygens (including phenoxy) is 1. The fraction of sp³-hybridized carbons (Fsp3) is 0.0556. The Balaban J connectivity index is 1.54. The highest BCUT2D eigenvalue weighted by molar-refractivity contribution is 7.18. The molecule has 30 heavy (non-hydrogen) atoms. The maximum atomic E-state index is 12.1. The highest BCUT2D eigenvalue weighted by Crippen LogP contribution is 2.27. The number of hydrogen-bond acceptors (Lipinski definition) is 8. The van der Waals surface area contributed by atoms with Gasteiger partial charge >= 0.3 is 5.97 Å². The predicted molar refractivity (Wildman–Crippen MR) is 108 cm³/mol. The molecule has 2 aromatic heterocycles. The van der Waals surface area contributed by atoms with Gasteiger partial charge in [-0.25, -0.2) is 4.79 Å². The van der Waals surface area contributed by atoms with Gasteiger partial charge in [-0.2, -0.15) is 0 Å². The first-order chi connectivity index (χ1) is 14.3. The summed E-state index contributed by atoms with van der Waals surface area (Å²) in [5.41, 5.74) is -0.236. The fourth-order valence-corrected chi connectivity index (χ4v) is 3.17. The number of non-ortho nitro benzene ring substituents is 1. The summed E-state index contributed by atoms with van der Waals surface area (Å²) in [6.45, 7) is -0.635. The van der Waals surface area contributed by atoms with Crippen molar-refractivity contribution in [3.8, 4) is 0 Å². The van der Waals surface area contributed by atoms with Gasteiger partial charge in [-0.15, -0.1) is 11.3 Å². The minimum atomic E-state index is -0.779. The van der Waals surface area contributed by atoms with Crippen LogP contribution in [0.4, 0.5) is 16.4 Å². The van der Waals surface area contributed by atoms with Gasteiger partial charge < -0.3 is 19.8 Å². The van der Waals surface area contributed by atoms with Crippen LogP contribution in [0, 0.1) is 10.1 Å². The number of nitrogens with one attached hydrogen (secondary N) is 2. The van der Waals surface area contributed by atoms with E-state index < -0.39 is 29.3 Å². The second kappa shape index (κ2) is 9.20. The standard InChI is InChI=1S/C18H12ClN3O7S/c19-11-4-3-10(22(26)27)8-12(11)20-15(23)9-29-18(25)14-5-6-16(30-14)21-17(24)13-2-1-7-28-13/h1-8H,9H2,(H,20,23)(H,21,24). The van der Waals surface area contributed by atoms with Gasteiger partial charge in [-0.3, -0.25) is 19.7 Å². The molecule has 0 saturated carbocycles. The molecule has 10 nitrogen and oxygen atoms in total. The number of amides is 2. The van der Waals surface area contributed by atoms with E-state index in [1.54, 1.807) is 6.07 Å². The number of furan rings is 1. The summed E-state index contributed by atoms with van der Waals surface area (Å²) in [4.78, 5) is 46.3. The molecule has 2 heterocycles. The Morgan fingerprint density at radius 1 is 1.17 bits per heavy atom. The zero-order valence-electron chi connectivity index (χ0n) is 14.9. The summed E-state index contributed by atoms with van der Waals surface area (Å²) in [6, 6.07) is 9.55. The molecule has 0 aliphatic heterocycles. The molecular weight excluding hydrogens is 438 g/mol. The molecule has 0 radical (unpaired) electrons. The van der Waals surface area contributed by atoms with E-state index in [9.17, 15) is 24.5 Å². The van der Waals surface area contributed by atoms with Crippen molar-refractivity contribution in [1.29, 1.82) is 0 Å². The van der Waals surface area contributed by atoms with Crippen molar-refractivity contribution in [1.82, 2.24) is 0 Å². The third kappa shape index (κ3) is 5.21. The first kappa shape index (κ1) is 21.0. The molecule has 0 aliphatic carbocycles. The minimum absolute atomic E-state index is 0.0194. The average Bonchev–Trinajstić information content (AvgIpc) is 3.40. The molecule has 0 saturated heterocycles. The molecular formula is C18H12ClN3O7S. The lowest BCUT2D eigenvalue weighted by Crippen LogP contribution is -2.20. The summed E-state index contributed by atoms with van der Waals surface area (Å²) in [6.07, 6.45) is 1.36. The van der Waals surface area contributed by atoms with Crippen molar-refractivity contribution >= 4 is 57.1 Å². The first-order valence-corrected chi connectivity index (χ1v) is 9.38. The molecule has 0 bridgehead atoms. The number of esters is 1. The summed E-state index contributed by atoms with van der Waals surface area (Å²) in [5, 5.41) is 16.2. The van der Waals surface area contributed by atoms with Crippen LogP contribution in [-0.4, -0.2) is 29.3 Å². The van der Waals surface area contributed by atoms with E-state index in [0.717, 1.165) is 17.4 Å². The van der Waals surface area contributed by atoms with Gasteiger partial charge in [0.1, 0.15) is 4.88 Å². The fourth-order valence-electron chi connectivity index (χ4n) is 2.21. The van der Waals surface area contributed by atoms with Gasteiger partial charge in [0.25, 0.3) is 17.5 Å². The van der Waals surface area contributed by atoms with Crippen LogP contribution in [0.2, 0.25) is 5.02 Å². The summed E-state index contributed by atoms with van der Waals surface area (Å²) >= 11 is 6.85. The van der Waals surface area contributed by atoms with Crippen molar-refractivity contribution < 1.29 is 28.5 Å². The average molecular weight is 450 g/mol. The molecule has 0 unspecified atom stereocenters. The van der Waals surface area contributed by atoms with E-state index in [1.807, 2.05) is 0 Å². The Morgan fingerprint density at radius 3 is 2.67 bits per heavy atom. The lowest BCUT2D eigenvalue weighted by Gasteiger charge is -2.07. The first-order valence-electron chi connectivity index (χ1n) is 8.19. The largest absolute Gasteiger partial charge is 0.459 e. The SMILES string of the molecule is O=C(COC(=O)c1ccc(NC(=O)c2ccco2)s1)Nc1cc([N+](=O)[O-])ccc1Cl. The number of anilines is 2. The van der Waals surface area contributed by atoms with Gasteiger partial charge in [-0.05, 0) is 30.3 Å². The van der Waals surface area contributed by atoms with Crippen LogP contribution in [0.5, 0.6) is 0 Å². The third-order valence-corrected chi connectivity index (χ3v) is 4.87. The third-order valence-electron chi connectivity index (χ3n) is 3.56. The summed E-state index contributed by atoms with van der Waals surface area (Å²) < 4.78 is 9.90. The number of nitro groups is 1. The zero-order valence-corrected chi connectivity index (χ0v) is 16.5. The van der Waals surface area contributed by atoms with Crippen LogP contribution in [0.25, 0.3) is 0 Å². The Bertz CT molecular complexity index is 1110. The van der Waals surface area contributed by atoms with Gasteiger partial charge in [-0.1, -0.05) is 11.6 Å². The van der Waals surface area contributed by atoms with Crippen molar-refractivity contribution in [2.24, 2.45) is 0 Å². The molecule has 1 aromatic carbocycles. The Kier molecular flexibility index (Phi) is 6.45. The predicted octanol–water partition coefficient (Wildman–Crippen LogP) is 3.95. The maximum absolute atomic E-state index is 12.1. The molecule has 2 N–H and O–H groups in total. The van der Waals surface area contributed by atoms with Crippen molar-refractivity contribution in [2.75, 3.05) is 17.2 Å². The molecule has 154 valence electrons. The number of nitro benzene ring substituents is 1. The van der Waals surface area contributed by atoms with E-state index in [2.05, 4.69) is 10.6 Å². The smallest absolute Gasteiger partial charge is 0.348 e. The van der Waals surface area contributed by atoms with E-state index in [0.29, 0.717) is 5.00 Å². The van der Waals surface area contributed by atoms with Crippen LogP contribution < -0.4 is 10.6 Å². The quantitative estimate of drug-likeness (QED) is 0.316. The molecule has 0 spiro atoms. The lowest BCUT2D eigenvalue weighted by atomic mass is 10.3. The minimum Gasteiger partial charge on any atom is -0.459 e. The van der Waals surface area contributed by atoms with Gasteiger partial charge in [0, 0.05) is 12.1 Å². The molecule has 3 aromatic rings. The number of hydrogen-bond donors (Lipinski definition) is 2. The molecule has 2 amide bonds. The summed E-state index contributed by atoms with van der Waals surface area (Å²) in [5.74, 6) is -1.87. The molecule has 0 atom stereocenters. The van der Waals surface area contributed by atoms with Crippen LogP contribution >= 0.6 is 22.9 Å². The van der Waals surface area contributed by atoms with Crippen molar-refractivity contribution in [3.63, 3.8) is 0 Å². The molecule has 0 aliphatic rings. The van der Waals surface area contributed by atoms with Crippen molar-refractivity contribution in [2.45, 2.75) is 0 Å². The van der Waals surface area contributed by atoms with Crippen LogP contribution in [0.15, 0.2) is 53.1 Å². The van der Waals surface area contributed by atoms with Gasteiger partial charge in [0.15, 0.2) is 12.4 Å². The van der Waals surface area contributed by atoms with Crippen LogP contribution in [-0.2, 0) is 9.53 Å². The lowest BCUT2D eigenvalue weighted by molar-refractivity contribution is -0.384. The Hall–Kier alpha value is -3.70. The molecule has 3 rings (SSSR count). The number of halogens is 1. The van der Waals surface area contributed by atoms with Gasteiger partial charge in [0.2, 0.25) is 0 Å². The van der Waals surface area contributed by atoms with Gasteiger partial charge in [0.05, 0.1) is 26.9 Å². The molecule has 12 heteroatoms. The van der Waals surface area contributed by atoms with E-state index >= 15 is 0 Å². The monoisotopic (exact) mass is 449 g/mol. The van der Waals surface area contributed by atoms with Crippen molar-refractivity contribution in [3.05, 3.63) is 74.5 Å². The zero-order chi connectivity index (χ0) is 21.7. The second-order valence-corrected chi connectivity index (χ2v) is 7.13. The topological polar surface area (TPSA) is 141 Å². The molecule has 0 fully saturated rings. The maximum Gasteiger partial charge on any atom is 0.348 e.